The third-order valence-electron chi connectivity index (χ3n) is 4.00. The normalized spacial score (nSPS) is 11.1. The van der Waals surface area contributed by atoms with Crippen molar-refractivity contribution in [3.8, 4) is 5.82 Å². The number of aromatic nitrogens is 2. The van der Waals surface area contributed by atoms with Gasteiger partial charge in [0, 0.05) is 17.0 Å². The second-order valence-electron chi connectivity index (χ2n) is 5.34. The smallest absolute Gasteiger partial charge is 0.264 e. The van der Waals surface area contributed by atoms with Gasteiger partial charge in [-0.2, -0.15) is 0 Å². The molecule has 0 atom stereocenters. The SMILES string of the molecule is Cc1cccc2c(=O)n(-c3ccccn3)c3ccccc3c12. The molecule has 22 heavy (non-hydrogen) atoms. The first-order valence-electron chi connectivity index (χ1n) is 7.22. The maximum Gasteiger partial charge on any atom is 0.264 e. The van der Waals surface area contributed by atoms with Gasteiger partial charge in [0.2, 0.25) is 0 Å². The molecule has 0 unspecified atom stereocenters. The Morgan fingerprint density at radius 1 is 0.864 bits per heavy atom. The molecule has 0 radical (unpaired) electrons. The van der Waals surface area contributed by atoms with Crippen molar-refractivity contribution < 1.29 is 0 Å². The predicted octanol–water partition coefficient (Wildman–Crippen LogP) is 3.85. The number of hydrogen-bond donors (Lipinski definition) is 0. The number of hydrogen-bond acceptors (Lipinski definition) is 2. The zero-order valence-electron chi connectivity index (χ0n) is 12.2. The molecule has 0 aliphatic heterocycles. The van der Waals surface area contributed by atoms with Crippen molar-refractivity contribution >= 4 is 21.7 Å². The Hall–Kier alpha value is -2.94. The predicted molar refractivity (Wildman–Crippen MR) is 89.6 cm³/mol. The lowest BCUT2D eigenvalue weighted by Gasteiger charge is -2.13. The third kappa shape index (κ3) is 1.76. The van der Waals surface area contributed by atoms with Crippen LogP contribution >= 0.6 is 0 Å². The zero-order valence-corrected chi connectivity index (χ0v) is 12.2. The van der Waals surface area contributed by atoms with E-state index in [2.05, 4.69) is 11.1 Å². The summed E-state index contributed by atoms with van der Waals surface area (Å²) in [6, 6.07) is 19.4. The largest absolute Gasteiger partial charge is 0.268 e. The Labute approximate surface area is 127 Å². The average Bonchev–Trinajstić information content (AvgIpc) is 2.56. The highest BCUT2D eigenvalue weighted by Crippen LogP contribution is 2.26. The van der Waals surface area contributed by atoms with Crippen LogP contribution in [0.15, 0.2) is 71.7 Å². The highest BCUT2D eigenvalue weighted by atomic mass is 16.1. The molecule has 0 spiro atoms. The molecule has 4 aromatic rings. The van der Waals surface area contributed by atoms with Gasteiger partial charge < -0.3 is 0 Å². The minimum Gasteiger partial charge on any atom is -0.268 e. The summed E-state index contributed by atoms with van der Waals surface area (Å²) in [5.41, 5.74) is 1.96. The number of benzene rings is 2. The van der Waals surface area contributed by atoms with E-state index in [0.717, 1.165) is 27.2 Å². The Bertz CT molecular complexity index is 1050. The van der Waals surface area contributed by atoms with Crippen LogP contribution < -0.4 is 5.56 Å². The number of rotatable bonds is 1. The van der Waals surface area contributed by atoms with Gasteiger partial charge in [0.15, 0.2) is 0 Å². The van der Waals surface area contributed by atoms with Gasteiger partial charge in [0.05, 0.1) is 5.52 Å². The Kier molecular flexibility index (Phi) is 2.79. The molecular formula is C19H14N2O. The first-order chi connectivity index (χ1) is 10.8. The lowest BCUT2D eigenvalue weighted by molar-refractivity contribution is 0.996. The van der Waals surface area contributed by atoms with E-state index < -0.39 is 0 Å². The van der Waals surface area contributed by atoms with E-state index >= 15 is 0 Å². The zero-order chi connectivity index (χ0) is 15.1. The molecule has 0 fully saturated rings. The molecule has 106 valence electrons. The summed E-state index contributed by atoms with van der Waals surface area (Å²) in [5, 5.41) is 2.82. The molecule has 0 aliphatic carbocycles. The quantitative estimate of drug-likeness (QED) is 0.498. The van der Waals surface area contributed by atoms with Crippen LogP contribution in [0, 0.1) is 6.92 Å². The van der Waals surface area contributed by atoms with Crippen LogP contribution in [0.25, 0.3) is 27.5 Å². The van der Waals surface area contributed by atoms with Crippen LogP contribution in [-0.4, -0.2) is 9.55 Å². The van der Waals surface area contributed by atoms with E-state index in [1.54, 1.807) is 10.8 Å². The van der Waals surface area contributed by atoms with E-state index in [4.69, 9.17) is 0 Å². The lowest BCUT2D eigenvalue weighted by Crippen LogP contribution is -2.20. The maximum absolute atomic E-state index is 13.0. The molecule has 0 aliphatic rings. The monoisotopic (exact) mass is 286 g/mol. The molecule has 0 bridgehead atoms. The van der Waals surface area contributed by atoms with Crippen molar-refractivity contribution in [1.82, 2.24) is 9.55 Å². The molecule has 2 aromatic heterocycles. The lowest BCUT2D eigenvalue weighted by atomic mass is 10.0. The fourth-order valence-corrected chi connectivity index (χ4v) is 3.03. The number of nitrogens with zero attached hydrogens (tertiary/aromatic N) is 2. The molecule has 3 nitrogen and oxygen atoms in total. The molecule has 0 amide bonds. The maximum atomic E-state index is 13.0. The van der Waals surface area contributed by atoms with E-state index in [-0.39, 0.29) is 5.56 Å². The summed E-state index contributed by atoms with van der Waals surface area (Å²) >= 11 is 0. The van der Waals surface area contributed by atoms with Gasteiger partial charge in [-0.05, 0) is 42.1 Å². The fraction of sp³-hybridized carbons (Fsp3) is 0.0526. The van der Waals surface area contributed by atoms with Crippen molar-refractivity contribution in [2.45, 2.75) is 6.92 Å². The van der Waals surface area contributed by atoms with Crippen molar-refractivity contribution in [3.63, 3.8) is 0 Å². The first kappa shape index (κ1) is 12.8. The molecule has 2 aromatic carbocycles. The molecule has 4 rings (SSSR count). The van der Waals surface area contributed by atoms with Gasteiger partial charge in [-0.15, -0.1) is 0 Å². The van der Waals surface area contributed by atoms with Gasteiger partial charge in [0.1, 0.15) is 5.82 Å². The third-order valence-corrected chi connectivity index (χ3v) is 4.00. The molecule has 0 saturated heterocycles. The number of para-hydroxylation sites is 1. The molecule has 0 saturated carbocycles. The summed E-state index contributed by atoms with van der Waals surface area (Å²) in [4.78, 5) is 17.4. The highest BCUT2D eigenvalue weighted by Gasteiger charge is 2.13. The molecule has 3 heteroatoms. The minimum atomic E-state index is -0.0314. The average molecular weight is 286 g/mol. The molecule has 0 N–H and O–H groups in total. The standard InChI is InChI=1S/C19H14N2O/c1-13-7-6-9-15-18(13)14-8-2-3-10-16(14)21(19(15)22)17-11-4-5-12-20-17/h2-12H,1H3. The number of aryl methyl sites for hydroxylation is 1. The van der Waals surface area contributed by atoms with Gasteiger partial charge >= 0.3 is 0 Å². The fourth-order valence-electron chi connectivity index (χ4n) is 3.03. The van der Waals surface area contributed by atoms with Crippen molar-refractivity contribution in [3.05, 3.63) is 82.8 Å². The van der Waals surface area contributed by atoms with Crippen LogP contribution in [0.4, 0.5) is 0 Å². The summed E-state index contributed by atoms with van der Waals surface area (Å²) in [6.07, 6.45) is 1.71. The van der Waals surface area contributed by atoms with Gasteiger partial charge in [-0.1, -0.05) is 36.4 Å². The van der Waals surface area contributed by atoms with Crippen LogP contribution in [-0.2, 0) is 0 Å². The van der Waals surface area contributed by atoms with Gasteiger partial charge in [-0.3, -0.25) is 9.36 Å². The number of pyridine rings is 2. The van der Waals surface area contributed by atoms with Crippen LogP contribution in [0.5, 0.6) is 0 Å². The second kappa shape index (κ2) is 4.81. The Balaban J connectivity index is 2.31. The van der Waals surface area contributed by atoms with Crippen molar-refractivity contribution in [2.24, 2.45) is 0 Å². The van der Waals surface area contributed by atoms with E-state index in [9.17, 15) is 4.79 Å². The first-order valence-corrected chi connectivity index (χ1v) is 7.22. The Morgan fingerprint density at radius 3 is 2.45 bits per heavy atom. The summed E-state index contributed by atoms with van der Waals surface area (Å²) in [5.74, 6) is 0.645. The van der Waals surface area contributed by atoms with Crippen molar-refractivity contribution in [1.29, 1.82) is 0 Å². The summed E-state index contributed by atoms with van der Waals surface area (Å²) in [7, 11) is 0. The van der Waals surface area contributed by atoms with E-state index in [0.29, 0.717) is 5.82 Å². The van der Waals surface area contributed by atoms with Gasteiger partial charge in [0.25, 0.3) is 5.56 Å². The molecular weight excluding hydrogens is 272 g/mol. The summed E-state index contributed by atoms with van der Waals surface area (Å²) in [6.45, 7) is 2.04. The Morgan fingerprint density at radius 2 is 1.64 bits per heavy atom. The number of fused-ring (bicyclic) bond motifs is 3. The minimum absolute atomic E-state index is 0.0314. The van der Waals surface area contributed by atoms with Crippen molar-refractivity contribution in [2.75, 3.05) is 0 Å². The van der Waals surface area contributed by atoms with Crippen LogP contribution in [0.3, 0.4) is 0 Å². The summed E-state index contributed by atoms with van der Waals surface area (Å²) < 4.78 is 1.69. The second-order valence-corrected chi connectivity index (χ2v) is 5.34. The van der Waals surface area contributed by atoms with Gasteiger partial charge in [-0.25, -0.2) is 4.98 Å². The van der Waals surface area contributed by atoms with Crippen LogP contribution in [0.2, 0.25) is 0 Å². The highest BCUT2D eigenvalue weighted by molar-refractivity contribution is 6.07. The molecule has 2 heterocycles. The topological polar surface area (TPSA) is 34.9 Å². The van der Waals surface area contributed by atoms with E-state index in [1.807, 2.05) is 61.5 Å². The van der Waals surface area contributed by atoms with Crippen LogP contribution in [0.1, 0.15) is 5.56 Å². The van der Waals surface area contributed by atoms with E-state index in [1.165, 1.54) is 0 Å².